The van der Waals surface area contributed by atoms with Crippen molar-refractivity contribution in [3.8, 4) is 11.7 Å². The zero-order valence-corrected chi connectivity index (χ0v) is 18.3. The van der Waals surface area contributed by atoms with Crippen molar-refractivity contribution in [1.82, 2.24) is 15.1 Å². The smallest absolute Gasteiger partial charge is 0.283 e. The van der Waals surface area contributed by atoms with E-state index in [-0.39, 0.29) is 30.1 Å². The van der Waals surface area contributed by atoms with Crippen LogP contribution < -0.4 is 4.90 Å². The number of nitrogens with zero attached hydrogens (tertiary/aromatic N) is 4. The number of piperidine rings is 1. The third kappa shape index (κ3) is 3.81. The Balaban J connectivity index is 1.19. The molecule has 8 nitrogen and oxygen atoms in total. The van der Waals surface area contributed by atoms with E-state index in [4.69, 9.17) is 8.83 Å². The van der Waals surface area contributed by atoms with E-state index in [1.165, 1.54) is 5.56 Å². The third-order valence-corrected chi connectivity index (χ3v) is 6.60. The summed E-state index contributed by atoms with van der Waals surface area (Å²) in [6.45, 7) is 5.77. The number of anilines is 1. The number of rotatable bonds is 4. The van der Waals surface area contributed by atoms with Crippen molar-refractivity contribution in [3.63, 3.8) is 0 Å². The normalized spacial score (nSPS) is 19.7. The second kappa shape index (κ2) is 8.26. The summed E-state index contributed by atoms with van der Waals surface area (Å²) in [5.74, 6) is 1.40. The number of aromatic nitrogens is 2. The molecule has 0 spiro atoms. The van der Waals surface area contributed by atoms with Crippen molar-refractivity contribution < 1.29 is 18.4 Å². The molecule has 5 rings (SSSR count). The molecule has 0 radical (unpaired) electrons. The monoisotopic (exact) mass is 434 g/mol. The van der Waals surface area contributed by atoms with Crippen molar-refractivity contribution in [1.29, 1.82) is 0 Å². The molecule has 2 amide bonds. The van der Waals surface area contributed by atoms with Crippen LogP contribution in [0.4, 0.5) is 5.69 Å². The highest BCUT2D eigenvalue weighted by Crippen LogP contribution is 2.32. The molecule has 0 saturated carbocycles. The Hall–Kier alpha value is -3.42. The average Bonchev–Trinajstić information content (AvgIpc) is 3.56. The summed E-state index contributed by atoms with van der Waals surface area (Å²) in [5.41, 5.74) is 3.20. The summed E-state index contributed by atoms with van der Waals surface area (Å²) in [4.78, 5) is 29.4. The van der Waals surface area contributed by atoms with Crippen LogP contribution in [0.15, 0.2) is 45.4 Å². The molecule has 1 aromatic carbocycles. The minimum Gasteiger partial charge on any atom is -0.459 e. The van der Waals surface area contributed by atoms with Gasteiger partial charge < -0.3 is 18.6 Å². The summed E-state index contributed by atoms with van der Waals surface area (Å²) in [7, 11) is 0. The molecule has 4 heterocycles. The van der Waals surface area contributed by atoms with Gasteiger partial charge in [-0.05, 0) is 62.1 Å². The van der Waals surface area contributed by atoms with E-state index in [9.17, 15) is 9.59 Å². The zero-order valence-electron chi connectivity index (χ0n) is 18.3. The lowest BCUT2D eigenvalue weighted by molar-refractivity contribution is -0.136. The van der Waals surface area contributed by atoms with Crippen molar-refractivity contribution in [3.05, 3.63) is 53.6 Å². The maximum Gasteiger partial charge on any atom is 0.283 e. The van der Waals surface area contributed by atoms with Crippen LogP contribution in [0.5, 0.6) is 0 Å². The number of hydrogen-bond donors (Lipinski definition) is 0. The topological polar surface area (TPSA) is 92.7 Å². The van der Waals surface area contributed by atoms with Crippen LogP contribution in [0.2, 0.25) is 0 Å². The zero-order chi connectivity index (χ0) is 22.2. The summed E-state index contributed by atoms with van der Waals surface area (Å²) in [5, 5.41) is 8.25. The molecule has 3 aromatic rings. The van der Waals surface area contributed by atoms with E-state index in [0.29, 0.717) is 37.2 Å². The molecule has 2 aliphatic rings. The molecule has 0 aliphatic carbocycles. The lowest BCUT2D eigenvalue weighted by atomic mass is 9.95. The molecule has 2 aromatic heterocycles. The largest absolute Gasteiger partial charge is 0.459 e. The van der Waals surface area contributed by atoms with Gasteiger partial charge in [-0.15, -0.1) is 10.2 Å². The van der Waals surface area contributed by atoms with Crippen LogP contribution in [0.25, 0.3) is 11.7 Å². The number of aryl methyl sites for hydroxylation is 2. The van der Waals surface area contributed by atoms with Gasteiger partial charge >= 0.3 is 0 Å². The van der Waals surface area contributed by atoms with E-state index in [0.717, 1.165) is 24.1 Å². The Kier molecular flexibility index (Phi) is 5.28. The Morgan fingerprint density at radius 1 is 1.09 bits per heavy atom. The van der Waals surface area contributed by atoms with E-state index in [1.807, 2.05) is 36.9 Å². The molecule has 0 bridgehead atoms. The minimum atomic E-state index is -0.297. The fourth-order valence-corrected chi connectivity index (χ4v) is 4.52. The van der Waals surface area contributed by atoms with Gasteiger partial charge in [0.2, 0.25) is 17.7 Å². The third-order valence-electron chi connectivity index (χ3n) is 6.60. The predicted octanol–water partition coefficient (Wildman–Crippen LogP) is 3.71. The summed E-state index contributed by atoms with van der Waals surface area (Å²) >= 11 is 0. The molecule has 1 unspecified atom stereocenters. The molecule has 0 N–H and O–H groups in total. The quantitative estimate of drug-likeness (QED) is 0.622. The number of carbonyl (C=O) groups excluding carboxylic acids is 2. The van der Waals surface area contributed by atoms with Gasteiger partial charge in [0.25, 0.3) is 5.89 Å². The van der Waals surface area contributed by atoms with Crippen molar-refractivity contribution in [2.75, 3.05) is 24.5 Å². The van der Waals surface area contributed by atoms with Gasteiger partial charge in [0.1, 0.15) is 0 Å². The minimum absolute atomic E-state index is 0.0119. The van der Waals surface area contributed by atoms with Crippen LogP contribution in [-0.4, -0.2) is 46.5 Å². The number of likely N-dealkylation sites (tertiary alicyclic amines) is 1. The van der Waals surface area contributed by atoms with Gasteiger partial charge in [-0.25, -0.2) is 0 Å². The first-order chi connectivity index (χ1) is 15.5. The molecule has 8 heteroatoms. The highest BCUT2D eigenvalue weighted by molar-refractivity contribution is 6.00. The molecule has 32 heavy (non-hydrogen) atoms. The molecule has 2 saturated heterocycles. The number of carbonyl (C=O) groups is 2. The van der Waals surface area contributed by atoms with Gasteiger partial charge in [-0.3, -0.25) is 9.59 Å². The van der Waals surface area contributed by atoms with Gasteiger partial charge in [0.05, 0.1) is 12.2 Å². The molecule has 2 fully saturated rings. The van der Waals surface area contributed by atoms with Crippen LogP contribution in [0.1, 0.15) is 42.2 Å². The van der Waals surface area contributed by atoms with Crippen molar-refractivity contribution in [2.24, 2.45) is 5.92 Å². The summed E-state index contributed by atoms with van der Waals surface area (Å²) in [6.07, 6.45) is 3.35. The maximum atomic E-state index is 13.1. The van der Waals surface area contributed by atoms with E-state index in [1.54, 1.807) is 23.3 Å². The Labute approximate surface area is 186 Å². The molecule has 166 valence electrons. The van der Waals surface area contributed by atoms with Crippen LogP contribution in [0, 0.1) is 19.8 Å². The van der Waals surface area contributed by atoms with Gasteiger partial charge in [0.15, 0.2) is 5.76 Å². The highest BCUT2D eigenvalue weighted by atomic mass is 16.4. The second-order valence-electron chi connectivity index (χ2n) is 8.70. The van der Waals surface area contributed by atoms with E-state index in [2.05, 4.69) is 10.2 Å². The average molecular weight is 434 g/mol. The first-order valence-electron chi connectivity index (χ1n) is 11.0. The van der Waals surface area contributed by atoms with Gasteiger partial charge in [-0.1, -0.05) is 6.07 Å². The van der Waals surface area contributed by atoms with Crippen molar-refractivity contribution in [2.45, 2.75) is 39.0 Å². The maximum absolute atomic E-state index is 13.1. The number of hydrogen-bond acceptors (Lipinski definition) is 6. The number of amides is 2. The van der Waals surface area contributed by atoms with E-state index < -0.39 is 0 Å². The van der Waals surface area contributed by atoms with Crippen molar-refractivity contribution >= 4 is 17.5 Å². The second-order valence-corrected chi connectivity index (χ2v) is 8.70. The lowest BCUT2D eigenvalue weighted by Crippen LogP contribution is -2.42. The van der Waals surface area contributed by atoms with Gasteiger partial charge in [0, 0.05) is 37.7 Å². The van der Waals surface area contributed by atoms with Crippen LogP contribution >= 0.6 is 0 Å². The van der Waals surface area contributed by atoms with Crippen LogP contribution in [0.3, 0.4) is 0 Å². The Bertz CT molecular complexity index is 1130. The van der Waals surface area contributed by atoms with Crippen LogP contribution in [-0.2, 0) is 9.59 Å². The number of benzene rings is 1. The Morgan fingerprint density at radius 3 is 2.62 bits per heavy atom. The predicted molar refractivity (Wildman–Crippen MR) is 117 cm³/mol. The fourth-order valence-electron chi connectivity index (χ4n) is 4.52. The Morgan fingerprint density at radius 2 is 1.91 bits per heavy atom. The fraction of sp³-hybridized carbons (Fsp3) is 0.417. The van der Waals surface area contributed by atoms with Gasteiger partial charge in [-0.2, -0.15) is 0 Å². The molecule has 2 aliphatic heterocycles. The summed E-state index contributed by atoms with van der Waals surface area (Å²) in [6, 6.07) is 9.56. The molecule has 1 atom stereocenters. The standard InChI is InChI=1S/C24H26N4O4/c1-15-5-6-19(12-16(15)2)28-14-18(13-21(28)29)24(30)27-9-7-17(8-10-27)22-25-26-23(32-22)20-4-3-11-31-20/h3-6,11-12,17-18H,7-10,13-14H2,1-2H3. The SMILES string of the molecule is Cc1ccc(N2CC(C(=O)N3CCC(c4nnc(-c5ccco5)o4)CC3)CC2=O)cc1C. The van der Waals surface area contributed by atoms with E-state index >= 15 is 0 Å². The molecular formula is C24H26N4O4. The first-order valence-corrected chi connectivity index (χ1v) is 11.0. The number of furan rings is 1. The molecular weight excluding hydrogens is 408 g/mol. The lowest BCUT2D eigenvalue weighted by Gasteiger charge is -2.32. The highest BCUT2D eigenvalue weighted by Gasteiger charge is 2.38. The first kappa shape index (κ1) is 20.5. The summed E-state index contributed by atoms with van der Waals surface area (Å²) < 4.78 is 11.1.